The molecule has 0 saturated carbocycles. The average molecular weight is 491 g/mol. The van der Waals surface area contributed by atoms with Crippen LogP contribution in [0.2, 0.25) is 0 Å². The van der Waals surface area contributed by atoms with E-state index in [0.29, 0.717) is 35.8 Å². The summed E-state index contributed by atoms with van der Waals surface area (Å²) in [6.45, 7) is 4.61. The molecule has 0 aliphatic carbocycles. The number of carbonyl (C=O) groups excluding carboxylic acids is 1. The number of ether oxygens (including phenoxy) is 2. The number of nitrogens with zero attached hydrogens (tertiary/aromatic N) is 1. The lowest BCUT2D eigenvalue weighted by molar-refractivity contribution is 0.0714. The number of amides is 1. The molecule has 3 aromatic carbocycles. The van der Waals surface area contributed by atoms with Crippen molar-refractivity contribution < 1.29 is 27.5 Å². The minimum atomic E-state index is -0.837. The molecule has 1 atom stereocenters. The molecule has 0 bridgehead atoms. The number of halogens is 2. The first-order valence-corrected chi connectivity index (χ1v) is 11.6. The highest BCUT2D eigenvalue weighted by molar-refractivity contribution is 5.99. The van der Waals surface area contributed by atoms with E-state index in [-0.39, 0.29) is 28.8 Å². The quantitative estimate of drug-likeness (QED) is 0.336. The molecule has 8 heteroatoms. The van der Waals surface area contributed by atoms with Crippen molar-refractivity contribution in [3.63, 3.8) is 0 Å². The van der Waals surface area contributed by atoms with Gasteiger partial charge < -0.3 is 18.8 Å². The summed E-state index contributed by atoms with van der Waals surface area (Å²) < 4.78 is 44.8. The zero-order valence-electron chi connectivity index (χ0n) is 19.7. The summed E-state index contributed by atoms with van der Waals surface area (Å²) in [4.78, 5) is 28.7. The molecule has 1 amide bonds. The lowest BCUT2D eigenvalue weighted by atomic mass is 9.97. The van der Waals surface area contributed by atoms with Crippen molar-refractivity contribution in [3.05, 3.63) is 105 Å². The second kappa shape index (κ2) is 9.45. The largest absolute Gasteiger partial charge is 0.490 e. The maximum absolute atomic E-state index is 14.0. The number of fused-ring (bicyclic) bond motifs is 2. The standard InChI is InChI=1S/C28H23F2NO5/c1-3-34-22-11-7-17(13-23(22)35-4-2)25-24-26(32)20-14-19(30)10-12-21(20)36-27(24)28(33)31(25)15-16-5-8-18(29)9-6-16/h5-14,25H,3-4,15H2,1-2H3. The molecule has 0 radical (unpaired) electrons. The summed E-state index contributed by atoms with van der Waals surface area (Å²) in [6, 6.07) is 13.8. The van der Waals surface area contributed by atoms with E-state index in [2.05, 4.69) is 0 Å². The smallest absolute Gasteiger partial charge is 0.291 e. The molecule has 4 aromatic rings. The van der Waals surface area contributed by atoms with Gasteiger partial charge >= 0.3 is 0 Å². The Hall–Kier alpha value is -4.20. The molecule has 1 unspecified atom stereocenters. The molecule has 1 aromatic heterocycles. The summed E-state index contributed by atoms with van der Waals surface area (Å²) in [5, 5.41) is 0.0474. The SMILES string of the molecule is CCOc1ccc(C2c3c(oc4ccc(F)cc4c3=O)C(=O)N2Cc2ccc(F)cc2)cc1OCC. The average Bonchev–Trinajstić information content (AvgIpc) is 3.14. The number of hydrogen-bond donors (Lipinski definition) is 0. The fourth-order valence-electron chi connectivity index (χ4n) is 4.53. The van der Waals surface area contributed by atoms with Crippen LogP contribution >= 0.6 is 0 Å². The van der Waals surface area contributed by atoms with Gasteiger partial charge in [-0.05, 0) is 67.4 Å². The van der Waals surface area contributed by atoms with Crippen molar-refractivity contribution in [1.82, 2.24) is 4.90 Å². The van der Waals surface area contributed by atoms with E-state index >= 15 is 0 Å². The highest BCUT2D eigenvalue weighted by Gasteiger charge is 2.43. The third kappa shape index (κ3) is 4.08. The summed E-state index contributed by atoms with van der Waals surface area (Å²) >= 11 is 0. The zero-order valence-corrected chi connectivity index (χ0v) is 19.7. The molecule has 1 aliphatic rings. The summed E-state index contributed by atoms with van der Waals surface area (Å²) in [6.07, 6.45) is 0. The molecule has 6 nitrogen and oxygen atoms in total. The van der Waals surface area contributed by atoms with Gasteiger partial charge in [-0.3, -0.25) is 9.59 Å². The highest BCUT2D eigenvalue weighted by atomic mass is 19.1. The van der Waals surface area contributed by atoms with Gasteiger partial charge in [0, 0.05) is 6.54 Å². The van der Waals surface area contributed by atoms with Gasteiger partial charge in [0.05, 0.1) is 30.2 Å². The first-order valence-electron chi connectivity index (χ1n) is 11.6. The lowest BCUT2D eigenvalue weighted by Crippen LogP contribution is -2.29. The van der Waals surface area contributed by atoms with E-state index in [9.17, 15) is 18.4 Å². The van der Waals surface area contributed by atoms with Crippen molar-refractivity contribution in [2.75, 3.05) is 13.2 Å². The fraction of sp³-hybridized carbons (Fsp3) is 0.214. The van der Waals surface area contributed by atoms with Gasteiger partial charge in [-0.25, -0.2) is 8.78 Å². The van der Waals surface area contributed by atoms with Crippen LogP contribution in [-0.4, -0.2) is 24.0 Å². The van der Waals surface area contributed by atoms with Gasteiger partial charge in [-0.2, -0.15) is 0 Å². The molecule has 5 rings (SSSR count). The second-order valence-electron chi connectivity index (χ2n) is 8.35. The maximum atomic E-state index is 14.0. The Morgan fingerprint density at radius 2 is 1.56 bits per heavy atom. The van der Waals surface area contributed by atoms with Crippen LogP contribution in [0.15, 0.2) is 69.9 Å². The number of hydrogen-bond acceptors (Lipinski definition) is 5. The van der Waals surface area contributed by atoms with Crippen molar-refractivity contribution in [3.8, 4) is 11.5 Å². The molecule has 1 aliphatic heterocycles. The molecule has 184 valence electrons. The summed E-state index contributed by atoms with van der Waals surface area (Å²) in [7, 11) is 0. The van der Waals surface area contributed by atoms with E-state index < -0.39 is 29.0 Å². The molecule has 0 saturated heterocycles. The predicted octanol–water partition coefficient (Wildman–Crippen LogP) is 5.61. The van der Waals surface area contributed by atoms with Crippen LogP contribution < -0.4 is 14.9 Å². The van der Waals surface area contributed by atoms with E-state index in [1.165, 1.54) is 29.2 Å². The van der Waals surface area contributed by atoms with E-state index in [0.717, 1.165) is 6.07 Å². The minimum Gasteiger partial charge on any atom is -0.490 e. The van der Waals surface area contributed by atoms with Crippen LogP contribution in [0.1, 0.15) is 47.1 Å². The van der Waals surface area contributed by atoms with Gasteiger partial charge in [0.1, 0.15) is 17.2 Å². The van der Waals surface area contributed by atoms with Crippen molar-refractivity contribution >= 4 is 16.9 Å². The lowest BCUT2D eigenvalue weighted by Gasteiger charge is -2.26. The summed E-state index contributed by atoms with van der Waals surface area (Å²) in [5.41, 5.74) is 1.02. The maximum Gasteiger partial charge on any atom is 0.291 e. The van der Waals surface area contributed by atoms with Crippen LogP contribution in [0.3, 0.4) is 0 Å². The number of carbonyl (C=O) groups is 1. The van der Waals surface area contributed by atoms with E-state index in [1.54, 1.807) is 30.3 Å². The van der Waals surface area contributed by atoms with Gasteiger partial charge in [-0.1, -0.05) is 18.2 Å². The topological polar surface area (TPSA) is 69.0 Å². The minimum absolute atomic E-state index is 0.0474. The van der Waals surface area contributed by atoms with Crippen molar-refractivity contribution in [1.29, 1.82) is 0 Å². The van der Waals surface area contributed by atoms with Gasteiger partial charge in [0.15, 0.2) is 16.9 Å². The Bertz CT molecular complexity index is 1510. The van der Waals surface area contributed by atoms with Crippen LogP contribution in [0.5, 0.6) is 11.5 Å². The molecule has 2 heterocycles. The molecule has 36 heavy (non-hydrogen) atoms. The number of benzene rings is 3. The van der Waals surface area contributed by atoms with E-state index in [1.807, 2.05) is 13.8 Å². The molecule has 0 fully saturated rings. The first kappa shape index (κ1) is 23.5. The van der Waals surface area contributed by atoms with Crippen LogP contribution in [-0.2, 0) is 6.54 Å². The Balaban J connectivity index is 1.71. The monoisotopic (exact) mass is 491 g/mol. The molecule has 0 spiro atoms. The predicted molar refractivity (Wildman–Crippen MR) is 129 cm³/mol. The Morgan fingerprint density at radius 3 is 2.28 bits per heavy atom. The Labute approximate surface area is 205 Å². The Morgan fingerprint density at radius 1 is 0.861 bits per heavy atom. The highest BCUT2D eigenvalue weighted by Crippen LogP contribution is 2.41. The third-order valence-electron chi connectivity index (χ3n) is 6.08. The number of rotatable bonds is 7. The second-order valence-corrected chi connectivity index (χ2v) is 8.35. The van der Waals surface area contributed by atoms with Crippen LogP contribution in [0, 0.1) is 11.6 Å². The molecular formula is C28H23F2NO5. The first-order chi connectivity index (χ1) is 17.4. The molecule has 0 N–H and O–H groups in total. The zero-order chi connectivity index (χ0) is 25.4. The van der Waals surface area contributed by atoms with Crippen molar-refractivity contribution in [2.24, 2.45) is 0 Å². The normalized spacial score (nSPS) is 14.8. The van der Waals surface area contributed by atoms with Crippen molar-refractivity contribution in [2.45, 2.75) is 26.4 Å². The van der Waals surface area contributed by atoms with Crippen LogP contribution in [0.25, 0.3) is 11.0 Å². The fourth-order valence-corrected chi connectivity index (χ4v) is 4.53. The van der Waals surface area contributed by atoms with Gasteiger partial charge in [-0.15, -0.1) is 0 Å². The Kier molecular flexibility index (Phi) is 6.18. The third-order valence-corrected chi connectivity index (χ3v) is 6.08. The summed E-state index contributed by atoms with van der Waals surface area (Å²) in [5.74, 6) is -0.573. The van der Waals surface area contributed by atoms with Gasteiger partial charge in [0.25, 0.3) is 5.91 Å². The van der Waals surface area contributed by atoms with Gasteiger partial charge in [0.2, 0.25) is 5.76 Å². The van der Waals surface area contributed by atoms with E-state index in [4.69, 9.17) is 13.9 Å². The van der Waals surface area contributed by atoms with Crippen LogP contribution in [0.4, 0.5) is 8.78 Å². The molecular weight excluding hydrogens is 468 g/mol.